The Morgan fingerprint density at radius 3 is 2.19 bits per heavy atom. The first-order valence-electron chi connectivity index (χ1n) is 12.1. The van der Waals surface area contributed by atoms with Crippen LogP contribution >= 0.6 is 12.4 Å². The number of benzene rings is 2. The number of nitrogen functional groups attached to an aromatic ring is 1. The van der Waals surface area contributed by atoms with Gasteiger partial charge in [-0.3, -0.25) is 10.2 Å². The van der Waals surface area contributed by atoms with Crippen molar-refractivity contribution in [2.45, 2.75) is 59.0 Å². The van der Waals surface area contributed by atoms with Crippen LogP contribution in [0.25, 0.3) is 11.4 Å². The Balaban J connectivity index is 0.00000361. The minimum absolute atomic E-state index is 0. The van der Waals surface area contributed by atoms with Gasteiger partial charge in [0.1, 0.15) is 17.8 Å². The van der Waals surface area contributed by atoms with E-state index < -0.39 is 0 Å². The molecule has 0 radical (unpaired) electrons. The second kappa shape index (κ2) is 11.6. The Labute approximate surface area is 217 Å². The first-order valence-corrected chi connectivity index (χ1v) is 12.1. The van der Waals surface area contributed by atoms with Crippen molar-refractivity contribution < 1.29 is 9.53 Å². The Bertz CT molecular complexity index is 1250. The van der Waals surface area contributed by atoms with Crippen LogP contribution in [0.4, 0.5) is 0 Å². The maximum Gasteiger partial charge on any atom is 0.355 e. The molecule has 1 aromatic heterocycles. The van der Waals surface area contributed by atoms with Crippen molar-refractivity contribution in [2.75, 3.05) is 0 Å². The van der Waals surface area contributed by atoms with Crippen molar-refractivity contribution in [2.24, 2.45) is 17.6 Å². The summed E-state index contributed by atoms with van der Waals surface area (Å²) in [5.74, 6) is 1.57. The zero-order valence-corrected chi connectivity index (χ0v) is 21.8. The zero-order chi connectivity index (χ0) is 25.1. The standard InChI is InChI=1S/C27H33N5O3.ClH/c1-17-14-18(2)16-24(15-17)35-25(33)13-6-20-4-9-22(10-5-20)31-19(3)30-32(27(31)34)23-11-7-21(8-12-23)26(28)29;/h4-5,7-12,17-18,24H,6,13-16H2,1-3H3,(H3,28,29);1H. The number of hydrogen-bond donors (Lipinski definition) is 2. The first kappa shape index (κ1) is 27.2. The van der Waals surface area contributed by atoms with Gasteiger partial charge in [-0.25, -0.2) is 9.36 Å². The number of nitrogens with two attached hydrogens (primary N) is 1. The van der Waals surface area contributed by atoms with Crippen LogP contribution < -0.4 is 11.4 Å². The highest BCUT2D eigenvalue weighted by molar-refractivity contribution is 5.95. The van der Waals surface area contributed by atoms with E-state index in [-0.39, 0.29) is 36.0 Å². The molecule has 1 aliphatic rings. The molecule has 0 spiro atoms. The molecule has 8 nitrogen and oxygen atoms in total. The summed E-state index contributed by atoms with van der Waals surface area (Å²) in [5.41, 5.74) is 8.11. The van der Waals surface area contributed by atoms with Gasteiger partial charge in [0.15, 0.2) is 0 Å². The monoisotopic (exact) mass is 511 g/mol. The third-order valence-electron chi connectivity index (χ3n) is 6.61. The lowest BCUT2D eigenvalue weighted by Crippen LogP contribution is -2.28. The summed E-state index contributed by atoms with van der Waals surface area (Å²) in [7, 11) is 0. The molecule has 1 fully saturated rings. The average Bonchev–Trinajstić information content (AvgIpc) is 3.11. The number of ether oxygens (including phenoxy) is 1. The number of rotatable bonds is 7. The number of aryl methyl sites for hydroxylation is 2. The number of aromatic nitrogens is 3. The molecule has 1 saturated carbocycles. The molecule has 3 N–H and O–H groups in total. The fourth-order valence-corrected chi connectivity index (χ4v) is 4.99. The van der Waals surface area contributed by atoms with Gasteiger partial charge in [0, 0.05) is 12.0 Å². The number of nitrogens with zero attached hydrogens (tertiary/aromatic N) is 3. The molecule has 2 atom stereocenters. The lowest BCUT2D eigenvalue weighted by Gasteiger charge is -2.31. The Morgan fingerprint density at radius 2 is 1.61 bits per heavy atom. The topological polar surface area (TPSA) is 116 Å². The minimum Gasteiger partial charge on any atom is -0.462 e. The molecule has 0 aliphatic heterocycles. The first-order chi connectivity index (χ1) is 16.7. The van der Waals surface area contributed by atoms with Gasteiger partial charge in [0.05, 0.1) is 11.4 Å². The van der Waals surface area contributed by atoms with E-state index in [9.17, 15) is 9.59 Å². The second-order valence-corrected chi connectivity index (χ2v) is 9.73. The maximum atomic E-state index is 13.1. The number of nitrogens with one attached hydrogen (secondary N) is 1. The molecule has 1 heterocycles. The number of halogens is 1. The number of hydrogen-bond acceptors (Lipinski definition) is 5. The number of carbonyl (C=O) groups excluding carboxylic acids is 1. The van der Waals surface area contributed by atoms with E-state index in [1.807, 2.05) is 24.3 Å². The third kappa shape index (κ3) is 6.23. The quantitative estimate of drug-likeness (QED) is 0.278. The van der Waals surface area contributed by atoms with Crippen molar-refractivity contribution in [3.8, 4) is 11.4 Å². The van der Waals surface area contributed by atoms with Crippen LogP contribution in [-0.4, -0.2) is 32.3 Å². The normalized spacial score (nSPS) is 19.4. The molecule has 192 valence electrons. The Morgan fingerprint density at radius 1 is 1.03 bits per heavy atom. The van der Waals surface area contributed by atoms with E-state index in [0.29, 0.717) is 47.4 Å². The number of amidine groups is 1. The van der Waals surface area contributed by atoms with Crippen molar-refractivity contribution >= 4 is 24.2 Å². The molecule has 9 heteroatoms. The molecule has 0 saturated heterocycles. The summed E-state index contributed by atoms with van der Waals surface area (Å²) in [6, 6.07) is 14.4. The van der Waals surface area contributed by atoms with Gasteiger partial charge in [0.25, 0.3) is 0 Å². The SMILES string of the molecule is Cc1nn(-c2ccc(C(=N)N)cc2)c(=O)n1-c1ccc(CCC(=O)OC2CC(C)CC(C)C2)cc1.Cl. The van der Waals surface area contributed by atoms with E-state index in [1.54, 1.807) is 35.8 Å². The molecular weight excluding hydrogens is 478 g/mol. The van der Waals surface area contributed by atoms with Crippen molar-refractivity contribution in [1.82, 2.24) is 14.3 Å². The van der Waals surface area contributed by atoms with Gasteiger partial charge in [0.2, 0.25) is 0 Å². The van der Waals surface area contributed by atoms with Crippen LogP contribution in [-0.2, 0) is 16.0 Å². The van der Waals surface area contributed by atoms with E-state index in [2.05, 4.69) is 18.9 Å². The second-order valence-electron chi connectivity index (χ2n) is 9.73. The van der Waals surface area contributed by atoms with Crippen molar-refractivity contribution in [3.05, 3.63) is 76.0 Å². The van der Waals surface area contributed by atoms with E-state index in [1.165, 1.54) is 11.1 Å². The van der Waals surface area contributed by atoms with Crippen molar-refractivity contribution in [1.29, 1.82) is 5.41 Å². The van der Waals surface area contributed by atoms with Crippen LogP contribution in [0.2, 0.25) is 0 Å². The van der Waals surface area contributed by atoms with Crippen LogP contribution in [0.15, 0.2) is 53.3 Å². The Kier molecular flexibility index (Phi) is 8.74. The smallest absolute Gasteiger partial charge is 0.355 e. The van der Waals surface area contributed by atoms with Crippen molar-refractivity contribution in [3.63, 3.8) is 0 Å². The maximum absolute atomic E-state index is 13.1. The molecule has 3 aromatic rings. The van der Waals surface area contributed by atoms with Crippen LogP contribution in [0, 0.1) is 24.2 Å². The highest BCUT2D eigenvalue weighted by Gasteiger charge is 2.26. The number of carbonyl (C=O) groups is 1. The van der Waals surface area contributed by atoms with Gasteiger partial charge >= 0.3 is 11.7 Å². The molecule has 2 unspecified atom stereocenters. The molecule has 0 bridgehead atoms. The summed E-state index contributed by atoms with van der Waals surface area (Å²) >= 11 is 0. The van der Waals surface area contributed by atoms with E-state index >= 15 is 0 Å². The third-order valence-corrected chi connectivity index (χ3v) is 6.61. The summed E-state index contributed by atoms with van der Waals surface area (Å²) in [4.78, 5) is 25.5. The molecule has 0 amide bonds. The lowest BCUT2D eigenvalue weighted by atomic mass is 9.82. The zero-order valence-electron chi connectivity index (χ0n) is 20.9. The van der Waals surface area contributed by atoms with Crippen LogP contribution in [0.3, 0.4) is 0 Å². The van der Waals surface area contributed by atoms with Gasteiger partial charge in [-0.1, -0.05) is 26.0 Å². The summed E-state index contributed by atoms with van der Waals surface area (Å²) in [5, 5.41) is 11.9. The molecular formula is C27H34ClN5O3. The summed E-state index contributed by atoms with van der Waals surface area (Å²) < 4.78 is 8.60. The molecule has 4 rings (SSSR count). The molecule has 2 aromatic carbocycles. The van der Waals surface area contributed by atoms with E-state index in [4.69, 9.17) is 15.9 Å². The Hall–Kier alpha value is -3.39. The fraction of sp³-hybridized carbons (Fsp3) is 0.407. The van der Waals surface area contributed by atoms with Crippen LogP contribution in [0.5, 0.6) is 0 Å². The average molecular weight is 512 g/mol. The van der Waals surface area contributed by atoms with Gasteiger partial charge < -0.3 is 10.5 Å². The predicted molar refractivity (Wildman–Crippen MR) is 143 cm³/mol. The highest BCUT2D eigenvalue weighted by Crippen LogP contribution is 2.30. The highest BCUT2D eigenvalue weighted by atomic mass is 35.5. The van der Waals surface area contributed by atoms with Crippen LogP contribution in [0.1, 0.15) is 56.5 Å². The largest absolute Gasteiger partial charge is 0.462 e. The van der Waals surface area contributed by atoms with Gasteiger partial charge in [-0.2, -0.15) is 4.68 Å². The summed E-state index contributed by atoms with van der Waals surface area (Å²) in [6.45, 7) is 6.22. The van der Waals surface area contributed by atoms with Gasteiger partial charge in [-0.05, 0) is 86.4 Å². The fourth-order valence-electron chi connectivity index (χ4n) is 4.99. The number of esters is 1. The van der Waals surface area contributed by atoms with E-state index in [0.717, 1.165) is 18.4 Å². The molecule has 1 aliphatic carbocycles. The van der Waals surface area contributed by atoms with Gasteiger partial charge in [-0.15, -0.1) is 17.5 Å². The predicted octanol–water partition coefficient (Wildman–Crippen LogP) is 4.34. The molecule has 36 heavy (non-hydrogen) atoms. The lowest BCUT2D eigenvalue weighted by molar-refractivity contribution is -0.151. The minimum atomic E-state index is -0.287. The summed E-state index contributed by atoms with van der Waals surface area (Å²) in [6.07, 6.45) is 4.07.